The van der Waals surface area contributed by atoms with E-state index in [-0.39, 0.29) is 35.2 Å². The van der Waals surface area contributed by atoms with Crippen LogP contribution in [0.1, 0.15) is 54.7 Å². The molecular formula is C34H44N6O3. The first-order valence-electron chi connectivity index (χ1n) is 15.7. The Morgan fingerprint density at radius 1 is 1.07 bits per heavy atom. The second kappa shape index (κ2) is 12.0. The number of likely N-dealkylation sites (N-methyl/N-ethyl adjacent to an activating group) is 1. The number of hydrogen-bond acceptors (Lipinski definition) is 4. The molecule has 3 aromatic rings. The maximum absolute atomic E-state index is 14.2. The van der Waals surface area contributed by atoms with Crippen LogP contribution in [0.3, 0.4) is 0 Å². The van der Waals surface area contributed by atoms with Crippen molar-refractivity contribution in [2.45, 2.75) is 61.9 Å². The van der Waals surface area contributed by atoms with Gasteiger partial charge < -0.3 is 30.3 Å². The lowest BCUT2D eigenvalue weighted by molar-refractivity contribution is -0.135. The van der Waals surface area contributed by atoms with Crippen molar-refractivity contribution in [3.8, 4) is 0 Å². The molecule has 1 aromatic heterocycles. The van der Waals surface area contributed by atoms with E-state index in [0.717, 1.165) is 67.2 Å². The Bertz CT molecular complexity index is 1500. The number of benzene rings is 2. The Morgan fingerprint density at radius 2 is 1.81 bits per heavy atom. The number of urea groups is 1. The van der Waals surface area contributed by atoms with Crippen LogP contribution < -0.4 is 16.0 Å². The predicted molar refractivity (Wildman–Crippen MR) is 168 cm³/mol. The van der Waals surface area contributed by atoms with Crippen molar-refractivity contribution < 1.29 is 14.4 Å². The molecule has 228 valence electrons. The number of para-hydroxylation sites is 1. The number of aromatic nitrogens is 1. The highest BCUT2D eigenvalue weighted by Crippen LogP contribution is 2.52. The highest BCUT2D eigenvalue weighted by molar-refractivity contribution is 5.90. The third-order valence-electron chi connectivity index (χ3n) is 9.91. The lowest BCUT2D eigenvalue weighted by Gasteiger charge is -2.41. The molecule has 2 fully saturated rings. The third-order valence-corrected chi connectivity index (χ3v) is 9.91. The number of carbonyl (C=O) groups excluding carboxylic acids is 3. The van der Waals surface area contributed by atoms with Gasteiger partial charge in [-0.05, 0) is 61.4 Å². The average molecular weight is 585 g/mol. The van der Waals surface area contributed by atoms with Crippen molar-refractivity contribution in [2.24, 2.45) is 7.05 Å². The molecule has 6 rings (SSSR count). The number of rotatable bonds is 6. The highest BCUT2D eigenvalue weighted by atomic mass is 16.2. The Kier molecular flexibility index (Phi) is 8.18. The molecule has 9 heteroatoms. The maximum Gasteiger partial charge on any atom is 0.315 e. The molecule has 0 saturated carbocycles. The molecule has 2 aliphatic heterocycles. The molecule has 3 atom stereocenters. The summed E-state index contributed by atoms with van der Waals surface area (Å²) in [6, 6.07) is 15.6. The number of fused-ring (bicyclic) bond motifs is 3. The molecule has 3 aliphatic rings. The first kappa shape index (κ1) is 29.2. The van der Waals surface area contributed by atoms with E-state index >= 15 is 0 Å². The Labute approximate surface area is 254 Å². The summed E-state index contributed by atoms with van der Waals surface area (Å²) in [5.41, 5.74) is 4.41. The number of nitrogens with one attached hydrogen (secondary N) is 3. The molecule has 9 nitrogen and oxygen atoms in total. The average Bonchev–Trinajstić information content (AvgIpc) is 3.51. The lowest BCUT2D eigenvalue weighted by Crippen LogP contribution is -2.57. The molecule has 1 spiro atoms. The van der Waals surface area contributed by atoms with Crippen molar-refractivity contribution in [1.29, 1.82) is 0 Å². The number of aryl methyl sites for hydroxylation is 1. The van der Waals surface area contributed by atoms with Crippen molar-refractivity contribution >= 4 is 28.7 Å². The number of carbonyl (C=O) groups is 3. The van der Waals surface area contributed by atoms with Gasteiger partial charge in [-0.1, -0.05) is 42.5 Å². The summed E-state index contributed by atoms with van der Waals surface area (Å²) in [6.45, 7) is 2.89. The first-order chi connectivity index (χ1) is 20.8. The fourth-order valence-corrected chi connectivity index (χ4v) is 7.64. The van der Waals surface area contributed by atoms with E-state index in [1.54, 1.807) is 4.90 Å². The van der Waals surface area contributed by atoms with Crippen LogP contribution in [0.25, 0.3) is 10.9 Å². The first-order valence-corrected chi connectivity index (χ1v) is 15.7. The summed E-state index contributed by atoms with van der Waals surface area (Å²) >= 11 is 0. The van der Waals surface area contributed by atoms with Gasteiger partial charge >= 0.3 is 6.03 Å². The molecule has 3 N–H and O–H groups in total. The van der Waals surface area contributed by atoms with E-state index in [4.69, 9.17) is 0 Å². The van der Waals surface area contributed by atoms with E-state index in [1.807, 2.05) is 44.2 Å². The SMILES string of the molecule is CN(C)C(=O)[C@@H]1CC2(CCN(C(=O)C(Cc3cn(C)c4ccccc34)NC(=O)NC3CCCNC3)CC2)c2ccccc21. The Balaban J connectivity index is 1.20. The second-order valence-electron chi connectivity index (χ2n) is 12.9. The van der Waals surface area contributed by atoms with Gasteiger partial charge in [0.25, 0.3) is 0 Å². The van der Waals surface area contributed by atoms with E-state index in [1.165, 1.54) is 5.56 Å². The molecule has 0 bridgehead atoms. The molecule has 2 unspecified atom stereocenters. The van der Waals surface area contributed by atoms with Crippen molar-refractivity contribution in [3.05, 3.63) is 71.4 Å². The summed E-state index contributed by atoms with van der Waals surface area (Å²) in [7, 11) is 5.65. The van der Waals surface area contributed by atoms with Crippen molar-refractivity contribution in [1.82, 2.24) is 30.3 Å². The number of likely N-dealkylation sites (tertiary alicyclic amines) is 1. The van der Waals surface area contributed by atoms with Crippen LogP contribution in [-0.2, 0) is 28.5 Å². The summed E-state index contributed by atoms with van der Waals surface area (Å²) in [6.07, 6.45) is 6.81. The van der Waals surface area contributed by atoms with Gasteiger partial charge in [-0.2, -0.15) is 0 Å². The zero-order valence-corrected chi connectivity index (χ0v) is 25.6. The van der Waals surface area contributed by atoms with Gasteiger partial charge in [-0.3, -0.25) is 9.59 Å². The van der Waals surface area contributed by atoms with Crippen LogP contribution in [-0.4, -0.2) is 84.6 Å². The highest BCUT2D eigenvalue weighted by Gasteiger charge is 2.48. The topological polar surface area (TPSA) is 98.7 Å². The molecule has 4 amide bonds. The standard InChI is InChI=1S/C34H44N6O3/c1-38(2)31(41)27-20-34(28-12-6-4-11-26(27)28)14-17-40(18-15-34)32(42)29(37-33(43)36-24-9-8-16-35-21-24)19-23-22-39(3)30-13-7-5-10-25(23)30/h4-7,10-13,22,24,27,29,35H,8-9,14-21H2,1-3H3,(H2,36,37,43)/t24?,27-,29?/m1/s1. The van der Waals surface area contributed by atoms with Crippen LogP contribution >= 0.6 is 0 Å². The van der Waals surface area contributed by atoms with E-state index < -0.39 is 6.04 Å². The quantitative estimate of drug-likeness (QED) is 0.414. The molecule has 43 heavy (non-hydrogen) atoms. The monoisotopic (exact) mass is 584 g/mol. The minimum absolute atomic E-state index is 0.0492. The number of piperidine rings is 2. The third kappa shape index (κ3) is 5.75. The number of hydrogen-bond donors (Lipinski definition) is 3. The molecule has 2 aromatic carbocycles. The van der Waals surface area contributed by atoms with E-state index in [2.05, 4.69) is 57.0 Å². The molecule has 3 heterocycles. The van der Waals surface area contributed by atoms with Gasteiger partial charge in [0.15, 0.2) is 0 Å². The number of nitrogens with zero attached hydrogens (tertiary/aromatic N) is 3. The molecule has 1 aliphatic carbocycles. The van der Waals surface area contributed by atoms with Crippen molar-refractivity contribution in [3.63, 3.8) is 0 Å². The van der Waals surface area contributed by atoms with E-state index in [0.29, 0.717) is 19.5 Å². The summed E-state index contributed by atoms with van der Waals surface area (Å²) < 4.78 is 2.08. The normalized spacial score (nSPS) is 21.8. The van der Waals surface area contributed by atoms with Gasteiger partial charge in [0, 0.05) is 75.8 Å². The minimum atomic E-state index is -0.685. The fourth-order valence-electron chi connectivity index (χ4n) is 7.64. The molecule has 2 saturated heterocycles. The molecule has 0 radical (unpaired) electrons. The number of amides is 4. The van der Waals surface area contributed by atoms with Gasteiger partial charge in [0.2, 0.25) is 11.8 Å². The predicted octanol–water partition coefficient (Wildman–Crippen LogP) is 3.28. The van der Waals surface area contributed by atoms with Crippen LogP contribution in [0.4, 0.5) is 4.79 Å². The van der Waals surface area contributed by atoms with Gasteiger partial charge in [0.05, 0.1) is 5.92 Å². The van der Waals surface area contributed by atoms with Crippen LogP contribution in [0.15, 0.2) is 54.7 Å². The van der Waals surface area contributed by atoms with E-state index in [9.17, 15) is 14.4 Å². The van der Waals surface area contributed by atoms with Gasteiger partial charge in [0.1, 0.15) is 6.04 Å². The Hall–Kier alpha value is -3.85. The minimum Gasteiger partial charge on any atom is -0.350 e. The summed E-state index contributed by atoms with van der Waals surface area (Å²) in [5.74, 6) is -0.0551. The van der Waals surface area contributed by atoms with Gasteiger partial charge in [-0.15, -0.1) is 0 Å². The van der Waals surface area contributed by atoms with Crippen LogP contribution in [0, 0.1) is 0 Å². The summed E-state index contributed by atoms with van der Waals surface area (Å²) in [5, 5.41) is 10.6. The summed E-state index contributed by atoms with van der Waals surface area (Å²) in [4.78, 5) is 44.1. The van der Waals surface area contributed by atoms with Crippen LogP contribution in [0.2, 0.25) is 0 Å². The zero-order chi connectivity index (χ0) is 30.1. The largest absolute Gasteiger partial charge is 0.350 e. The molecular weight excluding hydrogens is 540 g/mol. The van der Waals surface area contributed by atoms with Crippen LogP contribution in [0.5, 0.6) is 0 Å². The van der Waals surface area contributed by atoms with Gasteiger partial charge in [-0.25, -0.2) is 4.79 Å². The Morgan fingerprint density at radius 3 is 2.56 bits per heavy atom. The second-order valence-corrected chi connectivity index (χ2v) is 12.9. The maximum atomic E-state index is 14.2. The fraction of sp³-hybridized carbons (Fsp3) is 0.500. The lowest BCUT2D eigenvalue weighted by atomic mass is 9.73. The smallest absolute Gasteiger partial charge is 0.315 e. The van der Waals surface area contributed by atoms with Crippen molar-refractivity contribution in [2.75, 3.05) is 40.3 Å². The zero-order valence-electron chi connectivity index (χ0n) is 25.6.